The van der Waals surface area contributed by atoms with Gasteiger partial charge in [0.25, 0.3) is 0 Å². The summed E-state index contributed by atoms with van der Waals surface area (Å²) in [4.78, 5) is 4.83. The van der Waals surface area contributed by atoms with Crippen molar-refractivity contribution in [2.45, 2.75) is 26.0 Å². The number of ether oxygens (including phenoxy) is 2. The third-order valence-electron chi connectivity index (χ3n) is 5.38. The molecule has 5 nitrogen and oxygen atoms in total. The second-order valence-corrected chi connectivity index (χ2v) is 7.79. The number of rotatable bonds is 9. The first kappa shape index (κ1) is 22.3. The van der Waals surface area contributed by atoms with E-state index in [-0.39, 0.29) is 6.61 Å². The molecule has 1 N–H and O–H groups in total. The first-order valence-corrected chi connectivity index (χ1v) is 10.8. The zero-order valence-corrected chi connectivity index (χ0v) is 18.2. The van der Waals surface area contributed by atoms with Crippen molar-refractivity contribution in [3.8, 4) is 11.5 Å². The Morgan fingerprint density at radius 3 is 2.53 bits per heavy atom. The molecule has 0 radical (unpaired) electrons. The lowest BCUT2D eigenvalue weighted by Crippen LogP contribution is -2.38. The minimum Gasteiger partial charge on any atom is -0.493 e. The van der Waals surface area contributed by atoms with Crippen molar-refractivity contribution in [3.63, 3.8) is 0 Å². The van der Waals surface area contributed by atoms with Gasteiger partial charge in [-0.15, -0.1) is 0 Å². The Bertz CT molecular complexity index is 794. The molecule has 1 heterocycles. The van der Waals surface area contributed by atoms with Crippen LogP contribution in [0.3, 0.4) is 0 Å². The van der Waals surface area contributed by atoms with Crippen LogP contribution in [0.5, 0.6) is 11.5 Å². The number of hydrogen-bond donors (Lipinski definition) is 1. The van der Waals surface area contributed by atoms with Crippen molar-refractivity contribution < 1.29 is 14.6 Å². The second kappa shape index (κ2) is 11.7. The maximum Gasteiger partial charge on any atom is 0.161 e. The quantitative estimate of drug-likeness (QED) is 0.683. The fraction of sp³-hybridized carbons (Fsp3) is 0.440. The van der Waals surface area contributed by atoms with Crippen molar-refractivity contribution >= 4 is 6.08 Å². The van der Waals surface area contributed by atoms with Gasteiger partial charge in [-0.1, -0.05) is 48.6 Å². The lowest BCUT2D eigenvalue weighted by molar-refractivity contribution is 0.0682. The Morgan fingerprint density at radius 2 is 1.77 bits per heavy atom. The smallest absolute Gasteiger partial charge is 0.161 e. The Balaban J connectivity index is 1.45. The Labute approximate surface area is 180 Å². The third kappa shape index (κ3) is 6.87. The summed E-state index contributed by atoms with van der Waals surface area (Å²) < 4.78 is 11.3. The molecule has 1 unspecified atom stereocenters. The van der Waals surface area contributed by atoms with Gasteiger partial charge in [0.15, 0.2) is 11.5 Å². The van der Waals surface area contributed by atoms with Crippen LogP contribution < -0.4 is 9.47 Å². The Morgan fingerprint density at radius 1 is 1.00 bits per heavy atom. The Hall–Kier alpha value is -2.34. The highest BCUT2D eigenvalue weighted by Crippen LogP contribution is 2.28. The first-order valence-electron chi connectivity index (χ1n) is 10.8. The zero-order chi connectivity index (χ0) is 21.2. The van der Waals surface area contributed by atoms with Crippen molar-refractivity contribution in [3.05, 3.63) is 65.7 Å². The van der Waals surface area contributed by atoms with Gasteiger partial charge in [-0.2, -0.15) is 0 Å². The van der Waals surface area contributed by atoms with Crippen LogP contribution in [0.25, 0.3) is 6.08 Å². The van der Waals surface area contributed by atoms with Crippen molar-refractivity contribution in [1.29, 1.82) is 0 Å². The van der Waals surface area contributed by atoms with Crippen LogP contribution in [0, 0.1) is 0 Å². The van der Waals surface area contributed by atoms with Gasteiger partial charge in [0.2, 0.25) is 0 Å². The van der Waals surface area contributed by atoms with E-state index < -0.39 is 6.10 Å². The van der Waals surface area contributed by atoms with Crippen molar-refractivity contribution in [2.75, 3.05) is 46.4 Å². The lowest BCUT2D eigenvalue weighted by Gasteiger charge is -2.24. The van der Waals surface area contributed by atoms with Crippen LogP contribution in [-0.2, 0) is 6.54 Å². The van der Waals surface area contributed by atoms with Gasteiger partial charge in [0.1, 0.15) is 12.7 Å². The third-order valence-corrected chi connectivity index (χ3v) is 5.38. The fourth-order valence-electron chi connectivity index (χ4n) is 3.84. The summed E-state index contributed by atoms with van der Waals surface area (Å²) in [5.74, 6) is 1.35. The van der Waals surface area contributed by atoms with Crippen LogP contribution in [-0.4, -0.2) is 67.5 Å². The average Bonchev–Trinajstić information content (AvgIpc) is 2.98. The summed E-state index contributed by atoms with van der Waals surface area (Å²) in [7, 11) is 1.64. The van der Waals surface area contributed by atoms with Gasteiger partial charge in [-0.3, -0.25) is 9.80 Å². The molecular formula is C25H34N2O3. The molecule has 0 saturated carbocycles. The highest BCUT2D eigenvalue weighted by Gasteiger charge is 2.18. The maximum absolute atomic E-state index is 10.5. The average molecular weight is 411 g/mol. The fourth-order valence-corrected chi connectivity index (χ4v) is 3.84. The number of benzene rings is 2. The summed E-state index contributed by atoms with van der Waals surface area (Å²) in [6.45, 7) is 7.92. The number of hydrogen-bond acceptors (Lipinski definition) is 5. The van der Waals surface area contributed by atoms with Gasteiger partial charge in [-0.25, -0.2) is 0 Å². The maximum atomic E-state index is 10.5. The highest BCUT2D eigenvalue weighted by molar-refractivity contribution is 5.55. The first-order chi connectivity index (χ1) is 14.7. The number of nitrogens with zero attached hydrogens (tertiary/aromatic N) is 2. The van der Waals surface area contributed by atoms with Gasteiger partial charge in [-0.05, 0) is 49.7 Å². The molecule has 1 saturated heterocycles. The van der Waals surface area contributed by atoms with E-state index in [9.17, 15) is 5.11 Å². The Kier molecular flexibility index (Phi) is 8.75. The van der Waals surface area contributed by atoms with Gasteiger partial charge in [0, 0.05) is 26.2 Å². The number of allylic oxidation sites excluding steroid dienone is 1. The van der Waals surface area contributed by atoms with E-state index in [1.54, 1.807) is 7.11 Å². The molecule has 0 bridgehead atoms. The van der Waals surface area contributed by atoms with E-state index in [4.69, 9.17) is 9.47 Å². The van der Waals surface area contributed by atoms with E-state index in [1.807, 2.05) is 37.3 Å². The van der Waals surface area contributed by atoms with Crippen LogP contribution in [0.15, 0.2) is 54.6 Å². The summed E-state index contributed by atoms with van der Waals surface area (Å²) in [5, 5.41) is 10.5. The number of methoxy groups -OCH3 is 1. The zero-order valence-electron chi connectivity index (χ0n) is 18.2. The number of aliphatic hydroxyl groups excluding tert-OH is 1. The van der Waals surface area contributed by atoms with E-state index in [0.29, 0.717) is 18.0 Å². The van der Waals surface area contributed by atoms with Crippen LogP contribution >= 0.6 is 0 Å². The molecule has 2 aromatic carbocycles. The standard InChI is InChI=1S/C25H34N2O3/c1-3-8-21-11-12-24(25(17-21)29-2)30-20-23(28)19-27-14-7-13-26(15-16-27)18-22-9-5-4-6-10-22/h3-6,8-12,17,23,28H,7,13-16,18-20H2,1-2H3/b8-3+. The van der Waals surface area contributed by atoms with Crippen LogP contribution in [0.2, 0.25) is 0 Å². The monoisotopic (exact) mass is 410 g/mol. The van der Waals surface area contributed by atoms with Gasteiger partial charge < -0.3 is 14.6 Å². The topological polar surface area (TPSA) is 45.2 Å². The molecule has 162 valence electrons. The largest absolute Gasteiger partial charge is 0.493 e. The molecule has 2 aromatic rings. The number of β-amino-alcohol motifs (C(OH)–C–C–N with tert-alkyl or cyclic N) is 1. The molecule has 0 amide bonds. The molecule has 0 spiro atoms. The van der Waals surface area contributed by atoms with E-state index >= 15 is 0 Å². The minimum absolute atomic E-state index is 0.254. The summed E-state index contributed by atoms with van der Waals surface area (Å²) in [6, 6.07) is 16.4. The van der Waals surface area contributed by atoms with Crippen molar-refractivity contribution in [2.24, 2.45) is 0 Å². The summed E-state index contributed by atoms with van der Waals surface area (Å²) >= 11 is 0. The molecule has 3 rings (SSSR count). The predicted octanol–water partition coefficient (Wildman–Crippen LogP) is 3.68. The molecule has 5 heteroatoms. The molecule has 1 aliphatic heterocycles. The lowest BCUT2D eigenvalue weighted by atomic mass is 10.2. The summed E-state index contributed by atoms with van der Waals surface area (Å²) in [5.41, 5.74) is 2.42. The van der Waals surface area contributed by atoms with E-state index in [1.165, 1.54) is 5.56 Å². The second-order valence-electron chi connectivity index (χ2n) is 7.79. The molecule has 1 atom stereocenters. The molecular weight excluding hydrogens is 376 g/mol. The highest BCUT2D eigenvalue weighted by atomic mass is 16.5. The summed E-state index contributed by atoms with van der Waals surface area (Å²) in [6.07, 6.45) is 4.58. The molecule has 1 aliphatic rings. The van der Waals surface area contributed by atoms with Crippen LogP contribution in [0.1, 0.15) is 24.5 Å². The van der Waals surface area contributed by atoms with Crippen LogP contribution in [0.4, 0.5) is 0 Å². The van der Waals surface area contributed by atoms with E-state index in [0.717, 1.165) is 44.7 Å². The molecule has 0 aliphatic carbocycles. The van der Waals surface area contributed by atoms with Gasteiger partial charge >= 0.3 is 0 Å². The normalized spacial score (nSPS) is 17.0. The number of aliphatic hydroxyl groups is 1. The van der Waals surface area contributed by atoms with Crippen molar-refractivity contribution in [1.82, 2.24) is 9.80 Å². The minimum atomic E-state index is -0.536. The SMILES string of the molecule is C/C=C/c1ccc(OCC(O)CN2CCCN(Cc3ccccc3)CC2)c(OC)c1. The van der Waals surface area contributed by atoms with E-state index in [2.05, 4.69) is 40.1 Å². The molecule has 30 heavy (non-hydrogen) atoms. The van der Waals surface area contributed by atoms with Gasteiger partial charge in [0.05, 0.1) is 7.11 Å². The molecule has 0 aromatic heterocycles. The predicted molar refractivity (Wildman–Crippen MR) is 122 cm³/mol. The molecule has 1 fully saturated rings.